The Labute approximate surface area is 38.7 Å². The van der Waals surface area contributed by atoms with E-state index in [1.165, 1.54) is 0 Å². The van der Waals surface area contributed by atoms with Crippen LogP contribution in [0.1, 0.15) is 0 Å². The second kappa shape index (κ2) is 68.6. The van der Waals surface area contributed by atoms with Crippen molar-refractivity contribution in [2.75, 3.05) is 0 Å². The quantitative estimate of drug-likeness (QED) is 0.333. The molecule has 0 amide bonds. The van der Waals surface area contributed by atoms with Gasteiger partial charge in [0.25, 0.3) is 6.79 Å². The summed E-state index contributed by atoms with van der Waals surface area (Å²) in [5, 5.41) is 0. The summed E-state index contributed by atoms with van der Waals surface area (Å²) in [5.74, 6) is 0. The van der Waals surface area contributed by atoms with Gasteiger partial charge in [0.2, 0.25) is 0 Å². The van der Waals surface area contributed by atoms with Crippen LogP contribution in [0.25, 0.3) is 0 Å². The summed E-state index contributed by atoms with van der Waals surface area (Å²) in [6.45, 7) is 4.50. The first-order valence-corrected chi connectivity index (χ1v) is 0.204. The van der Waals surface area contributed by atoms with Gasteiger partial charge in [-0.1, -0.05) is 0 Å². The van der Waals surface area contributed by atoms with Crippen LogP contribution in [0.4, 0.5) is 0 Å². The van der Waals surface area contributed by atoms with E-state index in [2.05, 4.69) is 6.79 Å². The average Bonchev–Trinajstić information content (AvgIpc) is 1.00. The normalized spacial score (nSPS) is 1.00. The largest absolute Gasteiger partial charge is 0.281 e. The van der Waals surface area contributed by atoms with Crippen LogP contribution in [0.2, 0.25) is 0 Å². The van der Waals surface area contributed by atoms with E-state index in [1.54, 1.807) is 0 Å². The van der Waals surface area contributed by atoms with Gasteiger partial charge in [-0.15, -0.1) is 0 Å². The predicted molar refractivity (Wildman–Crippen MR) is 12.6 cm³/mol. The second-order valence-corrected chi connectivity index (χ2v) is 0. The molecule has 0 heterocycles. The Kier molecular flexibility index (Phi) is 401. The van der Waals surface area contributed by atoms with Gasteiger partial charge in [0.05, 0.1) is 0 Å². The van der Waals surface area contributed by atoms with E-state index in [1.807, 2.05) is 0 Å². The van der Waals surface area contributed by atoms with Crippen LogP contribution in [0.5, 0.6) is 0 Å². The third-order valence-corrected chi connectivity index (χ3v) is 0. The summed E-state index contributed by atoms with van der Waals surface area (Å²) in [7, 11) is 0. The maximum absolute atomic E-state index is 7.50. The number of hydrogen-bond acceptors (Lipinski definition) is 1. The minimum absolute atomic E-state index is 0. The summed E-state index contributed by atoms with van der Waals surface area (Å²) in [4.78, 5) is 7.50. The van der Waals surface area contributed by atoms with Gasteiger partial charge in [-0.05, 0) is 0 Å². The van der Waals surface area contributed by atoms with Crippen molar-refractivity contribution in [3.05, 3.63) is 0 Å². The molecule has 0 spiro atoms. The summed E-state index contributed by atoms with van der Waals surface area (Å²) in [6, 6.07) is 0. The molecule has 0 N–H and O–H groups in total. The fraction of sp³-hybridized carbons (Fsp3) is 0. The zero-order valence-corrected chi connectivity index (χ0v) is 3.55. The first-order valence-electron chi connectivity index (χ1n) is 0.204. The van der Waals surface area contributed by atoms with Crippen molar-refractivity contribution in [2.24, 2.45) is 0 Å². The Morgan fingerprint density at radius 2 is 1.25 bits per heavy atom. The van der Waals surface area contributed by atoms with E-state index in [9.17, 15) is 0 Å². The Hall–Kier alpha value is 0.594. The van der Waals surface area contributed by atoms with E-state index >= 15 is 0 Å². The minimum atomic E-state index is 0. The molecule has 0 saturated heterocycles. The maximum Gasteiger partial charge on any atom is 0.281 e. The summed E-state index contributed by atoms with van der Waals surface area (Å²) in [5.41, 5.74) is 0. The van der Waals surface area contributed by atoms with Crippen LogP contribution in [0.15, 0.2) is 0 Å². The Bertz CT molecular complexity index is 8.00. The van der Waals surface area contributed by atoms with Gasteiger partial charge in [0.15, 0.2) is 0 Å². The van der Waals surface area contributed by atoms with Crippen molar-refractivity contribution in [1.29, 1.82) is 0 Å². The van der Waals surface area contributed by atoms with Gasteiger partial charge < -0.3 is 0 Å². The van der Waals surface area contributed by atoms with Gasteiger partial charge in [-0.25, -0.2) is 0 Å². The SMILES string of the molecule is [C]=O.[Ni].[P]. The standard InChI is InChI=1S/CO.Ni.P/c1-2;;. The molecule has 0 unspecified atom stereocenters. The van der Waals surface area contributed by atoms with Crippen LogP contribution in [-0.2, 0) is 21.3 Å². The van der Waals surface area contributed by atoms with E-state index in [-0.39, 0.29) is 26.4 Å². The van der Waals surface area contributed by atoms with Crippen molar-refractivity contribution in [3.8, 4) is 0 Å². The molecule has 5 radical (unpaired) electrons. The molecule has 25 valence electrons. The molecule has 0 aromatic rings. The third kappa shape index (κ3) is 18.7. The predicted octanol–water partition coefficient (Wildman–Crippen LogP) is 0.462. The molecule has 1 nitrogen and oxygen atoms in total. The van der Waals surface area contributed by atoms with Crippen LogP contribution in [0, 0.1) is 0 Å². The topological polar surface area (TPSA) is 17.1 Å². The summed E-state index contributed by atoms with van der Waals surface area (Å²) < 4.78 is 0. The molecule has 0 fully saturated rings. The smallest absolute Gasteiger partial charge is 0.281 e. The minimum Gasteiger partial charge on any atom is -0.281 e. The van der Waals surface area contributed by atoms with Gasteiger partial charge in [0, 0.05) is 26.4 Å². The molecule has 0 aliphatic carbocycles. The molecule has 0 aromatic carbocycles. The van der Waals surface area contributed by atoms with E-state index in [4.69, 9.17) is 4.79 Å². The first kappa shape index (κ1) is 23.4. The Morgan fingerprint density at radius 1 is 1.25 bits per heavy atom. The maximum atomic E-state index is 7.50. The summed E-state index contributed by atoms with van der Waals surface area (Å²) >= 11 is 0. The molecule has 3 heteroatoms. The zero-order valence-electron chi connectivity index (χ0n) is 1.67. The van der Waals surface area contributed by atoms with Gasteiger partial charge in [-0.3, -0.25) is 4.79 Å². The molecule has 0 saturated carbocycles. The summed E-state index contributed by atoms with van der Waals surface area (Å²) in [6.07, 6.45) is 0. The second-order valence-electron chi connectivity index (χ2n) is 0. The van der Waals surface area contributed by atoms with Gasteiger partial charge >= 0.3 is 0 Å². The van der Waals surface area contributed by atoms with Crippen molar-refractivity contribution < 1.29 is 21.3 Å². The number of carbonyl (C=O) groups excluding carboxylic acids is 1. The van der Waals surface area contributed by atoms with E-state index < -0.39 is 0 Å². The van der Waals surface area contributed by atoms with Crippen LogP contribution >= 0.6 is 9.90 Å². The number of rotatable bonds is 0. The fourth-order valence-corrected chi connectivity index (χ4v) is 0. The molecule has 0 aromatic heterocycles. The van der Waals surface area contributed by atoms with Gasteiger partial charge in [-0.2, -0.15) is 0 Å². The molecule has 0 aliphatic heterocycles. The first-order chi connectivity index (χ1) is 1.00. The Morgan fingerprint density at radius 3 is 1.25 bits per heavy atom. The van der Waals surface area contributed by atoms with Gasteiger partial charge in [0.1, 0.15) is 0 Å². The van der Waals surface area contributed by atoms with Crippen LogP contribution in [0.3, 0.4) is 0 Å². The van der Waals surface area contributed by atoms with Crippen molar-refractivity contribution in [3.63, 3.8) is 0 Å². The van der Waals surface area contributed by atoms with Crippen molar-refractivity contribution >= 4 is 16.7 Å². The Balaban J connectivity index is -0.00000000500. The van der Waals surface area contributed by atoms with Crippen molar-refractivity contribution in [2.45, 2.75) is 0 Å². The van der Waals surface area contributed by atoms with Crippen LogP contribution in [-0.4, -0.2) is 6.79 Å². The number of hydrogen-bond donors (Lipinski definition) is 0. The molecule has 0 bridgehead atoms. The monoisotopic (exact) mass is 117 g/mol. The molecular formula is CNiOP. The fourth-order valence-electron chi connectivity index (χ4n) is 0. The van der Waals surface area contributed by atoms with Crippen molar-refractivity contribution in [1.82, 2.24) is 0 Å². The molecule has 0 atom stereocenters. The molecule has 4 heavy (non-hydrogen) atoms. The molecule has 0 aliphatic rings. The molecular weight excluding hydrogens is 118 g/mol. The third-order valence-electron chi connectivity index (χ3n) is 0. The molecule has 0 rings (SSSR count). The van der Waals surface area contributed by atoms with Crippen LogP contribution < -0.4 is 0 Å². The van der Waals surface area contributed by atoms with E-state index in [0.717, 1.165) is 0 Å². The average molecular weight is 118 g/mol. The zero-order chi connectivity index (χ0) is 2.00. The van der Waals surface area contributed by atoms with E-state index in [0.29, 0.717) is 0 Å².